The van der Waals surface area contributed by atoms with Gasteiger partial charge in [-0.2, -0.15) is 0 Å². The van der Waals surface area contributed by atoms with Crippen LogP contribution < -0.4 is 15.4 Å². The number of amidine groups is 1. The Morgan fingerprint density at radius 3 is 2.77 bits per heavy atom. The molecule has 0 radical (unpaired) electrons. The Morgan fingerprint density at radius 1 is 1.30 bits per heavy atom. The Kier molecular flexibility index (Phi) is 7.02. The summed E-state index contributed by atoms with van der Waals surface area (Å²) in [5.41, 5.74) is 1.15. The molecule has 1 fully saturated rings. The third-order valence-electron chi connectivity index (χ3n) is 4.31. The number of rotatable bonds is 8. The van der Waals surface area contributed by atoms with Gasteiger partial charge in [0, 0.05) is 25.1 Å². The fourth-order valence-corrected chi connectivity index (χ4v) is 3.82. The van der Waals surface area contributed by atoms with Crippen molar-refractivity contribution in [2.75, 3.05) is 19.0 Å². The Balaban J connectivity index is 1.57. The zero-order valence-corrected chi connectivity index (χ0v) is 17.0. The molecule has 9 nitrogen and oxygen atoms in total. The molecule has 0 unspecified atom stereocenters. The Labute approximate surface area is 177 Å². The number of anilines is 1. The molecule has 10 heteroatoms. The van der Waals surface area contributed by atoms with Crippen molar-refractivity contribution in [3.8, 4) is 5.75 Å². The van der Waals surface area contributed by atoms with Crippen LogP contribution in [0.1, 0.15) is 12.0 Å². The van der Waals surface area contributed by atoms with Gasteiger partial charge in [-0.05, 0) is 18.1 Å². The van der Waals surface area contributed by atoms with Crippen molar-refractivity contribution in [3.05, 3.63) is 64.2 Å². The van der Waals surface area contributed by atoms with Crippen LogP contribution in [0.25, 0.3) is 0 Å². The molecular weight excluding hydrogens is 408 g/mol. The van der Waals surface area contributed by atoms with Crippen LogP contribution in [0.4, 0.5) is 11.4 Å². The second kappa shape index (κ2) is 9.88. The molecule has 0 aliphatic carbocycles. The number of nitro groups is 1. The lowest BCUT2D eigenvalue weighted by molar-refractivity contribution is -0.384. The molecule has 0 bridgehead atoms. The minimum Gasteiger partial charge on any atom is -0.495 e. The van der Waals surface area contributed by atoms with E-state index >= 15 is 0 Å². The van der Waals surface area contributed by atoms with E-state index in [1.54, 1.807) is 0 Å². The Morgan fingerprint density at radius 2 is 2.07 bits per heavy atom. The molecule has 156 valence electrons. The number of nitro benzene ring substituents is 1. The molecule has 3 rings (SSSR count). The summed E-state index contributed by atoms with van der Waals surface area (Å²) in [4.78, 5) is 39.3. The zero-order chi connectivity index (χ0) is 21.5. The molecule has 0 spiro atoms. The number of carbonyl (C=O) groups excluding carboxylic acids is 2. The summed E-state index contributed by atoms with van der Waals surface area (Å²) in [7, 11) is 1.40. The van der Waals surface area contributed by atoms with E-state index in [-0.39, 0.29) is 23.7 Å². The molecule has 2 aromatic rings. The Hall–Kier alpha value is -3.40. The molecule has 1 saturated heterocycles. The van der Waals surface area contributed by atoms with Gasteiger partial charge in [-0.15, -0.1) is 0 Å². The number of hydrogen-bond donors (Lipinski definition) is 2. The van der Waals surface area contributed by atoms with E-state index in [1.807, 2.05) is 30.3 Å². The number of nitrogens with zero attached hydrogens (tertiary/aromatic N) is 2. The number of ether oxygens (including phenoxy) is 1. The van der Waals surface area contributed by atoms with Crippen LogP contribution in [0.15, 0.2) is 53.5 Å². The van der Waals surface area contributed by atoms with Gasteiger partial charge >= 0.3 is 0 Å². The van der Waals surface area contributed by atoms with Crippen LogP contribution in [0, 0.1) is 10.1 Å². The SMILES string of the molecule is COc1ccc([N+](=O)[O-])cc1NC(=O)C[C@H]1SC(=NCCc2ccccc2)NC1=O. The topological polar surface area (TPSA) is 123 Å². The van der Waals surface area contributed by atoms with Gasteiger partial charge in [-0.25, -0.2) is 0 Å². The van der Waals surface area contributed by atoms with Gasteiger partial charge in [0.2, 0.25) is 11.8 Å². The average Bonchev–Trinajstić information content (AvgIpc) is 3.07. The molecule has 1 aliphatic heterocycles. The summed E-state index contributed by atoms with van der Waals surface area (Å²) in [6.07, 6.45) is 0.651. The van der Waals surface area contributed by atoms with E-state index in [4.69, 9.17) is 4.74 Å². The fraction of sp³-hybridized carbons (Fsp3) is 0.250. The number of thioether (sulfide) groups is 1. The van der Waals surface area contributed by atoms with Crippen LogP contribution >= 0.6 is 11.8 Å². The van der Waals surface area contributed by atoms with Crippen molar-refractivity contribution in [2.45, 2.75) is 18.1 Å². The summed E-state index contributed by atoms with van der Waals surface area (Å²) < 4.78 is 5.13. The molecule has 0 saturated carbocycles. The van der Waals surface area contributed by atoms with Crippen molar-refractivity contribution in [1.82, 2.24) is 5.32 Å². The van der Waals surface area contributed by atoms with Crippen molar-refractivity contribution in [1.29, 1.82) is 0 Å². The highest BCUT2D eigenvalue weighted by atomic mass is 32.2. The summed E-state index contributed by atoms with van der Waals surface area (Å²) in [6, 6.07) is 13.8. The van der Waals surface area contributed by atoms with Crippen LogP contribution in [-0.2, 0) is 16.0 Å². The number of carbonyl (C=O) groups is 2. The lowest BCUT2D eigenvalue weighted by Gasteiger charge is -2.11. The highest BCUT2D eigenvalue weighted by Crippen LogP contribution is 2.30. The van der Waals surface area contributed by atoms with Gasteiger partial charge in [0.25, 0.3) is 5.69 Å². The summed E-state index contributed by atoms with van der Waals surface area (Å²) in [5.74, 6) is -0.452. The first-order chi connectivity index (χ1) is 14.5. The first-order valence-electron chi connectivity index (χ1n) is 9.14. The largest absolute Gasteiger partial charge is 0.495 e. The van der Waals surface area contributed by atoms with Crippen LogP contribution in [0.5, 0.6) is 5.75 Å². The molecule has 1 atom stereocenters. The van der Waals surface area contributed by atoms with Gasteiger partial charge < -0.3 is 15.4 Å². The summed E-state index contributed by atoms with van der Waals surface area (Å²) in [6.45, 7) is 0.524. The number of hydrogen-bond acceptors (Lipinski definition) is 7. The average molecular weight is 428 g/mol. The molecular formula is C20H20N4O5S. The number of non-ortho nitro benzene ring substituents is 1. The molecule has 2 amide bonds. The maximum Gasteiger partial charge on any atom is 0.271 e. The summed E-state index contributed by atoms with van der Waals surface area (Å²) in [5, 5.41) is 16.1. The van der Waals surface area contributed by atoms with Crippen LogP contribution in [-0.4, -0.2) is 40.8 Å². The Bertz CT molecular complexity index is 980. The lowest BCUT2D eigenvalue weighted by Crippen LogP contribution is -2.28. The smallest absolute Gasteiger partial charge is 0.271 e. The van der Waals surface area contributed by atoms with E-state index in [0.717, 1.165) is 12.0 Å². The molecule has 2 aromatic carbocycles. The molecule has 1 aliphatic rings. The number of nitrogens with one attached hydrogen (secondary N) is 2. The first kappa shape index (κ1) is 21.3. The van der Waals surface area contributed by atoms with Gasteiger partial charge in [-0.1, -0.05) is 42.1 Å². The fourth-order valence-electron chi connectivity index (χ4n) is 2.82. The van der Waals surface area contributed by atoms with Crippen molar-refractivity contribution >= 4 is 40.1 Å². The highest BCUT2D eigenvalue weighted by Gasteiger charge is 2.32. The van der Waals surface area contributed by atoms with E-state index in [0.29, 0.717) is 17.5 Å². The summed E-state index contributed by atoms with van der Waals surface area (Å²) >= 11 is 1.20. The van der Waals surface area contributed by atoms with Gasteiger partial charge in [-0.3, -0.25) is 24.7 Å². The zero-order valence-electron chi connectivity index (χ0n) is 16.2. The van der Waals surface area contributed by atoms with Gasteiger partial charge in [0.1, 0.15) is 11.0 Å². The van der Waals surface area contributed by atoms with E-state index < -0.39 is 16.1 Å². The van der Waals surface area contributed by atoms with E-state index in [1.165, 1.54) is 37.1 Å². The first-order valence-corrected chi connectivity index (χ1v) is 10.0. The maximum atomic E-state index is 12.4. The lowest BCUT2D eigenvalue weighted by atomic mass is 10.2. The minimum absolute atomic E-state index is 0.0972. The normalized spacial score (nSPS) is 16.9. The second-order valence-corrected chi connectivity index (χ2v) is 7.60. The van der Waals surface area contributed by atoms with Gasteiger partial charge in [0.05, 0.1) is 17.7 Å². The van der Waals surface area contributed by atoms with Gasteiger partial charge in [0.15, 0.2) is 5.17 Å². The molecule has 0 aromatic heterocycles. The molecule has 2 N–H and O–H groups in total. The highest BCUT2D eigenvalue weighted by molar-refractivity contribution is 8.15. The molecule has 30 heavy (non-hydrogen) atoms. The minimum atomic E-state index is -0.620. The third-order valence-corrected chi connectivity index (χ3v) is 5.43. The molecule has 1 heterocycles. The van der Waals surface area contributed by atoms with Crippen molar-refractivity contribution in [2.24, 2.45) is 4.99 Å². The number of benzene rings is 2. The van der Waals surface area contributed by atoms with E-state index in [2.05, 4.69) is 15.6 Å². The quantitative estimate of drug-likeness (QED) is 0.492. The predicted octanol–water partition coefficient (Wildman–Crippen LogP) is 2.76. The standard InChI is InChI=1S/C20H20N4O5S/c1-29-16-8-7-14(24(27)28)11-15(16)22-18(25)12-17-19(26)23-20(30-17)21-10-9-13-5-3-2-4-6-13/h2-8,11,17H,9-10,12H2,1H3,(H,22,25)(H,21,23,26)/t17-/m1/s1. The van der Waals surface area contributed by atoms with Crippen LogP contribution in [0.3, 0.4) is 0 Å². The van der Waals surface area contributed by atoms with Crippen LogP contribution in [0.2, 0.25) is 0 Å². The number of amides is 2. The van der Waals surface area contributed by atoms with E-state index in [9.17, 15) is 19.7 Å². The van der Waals surface area contributed by atoms with Crippen molar-refractivity contribution in [3.63, 3.8) is 0 Å². The monoisotopic (exact) mass is 428 g/mol. The maximum absolute atomic E-state index is 12.4. The van der Waals surface area contributed by atoms with Crippen molar-refractivity contribution < 1.29 is 19.2 Å². The number of aliphatic imine (C=N–C) groups is 1. The number of methoxy groups -OCH3 is 1. The third kappa shape index (κ3) is 5.57. The predicted molar refractivity (Wildman–Crippen MR) is 115 cm³/mol. The second-order valence-electron chi connectivity index (χ2n) is 6.41.